The van der Waals surface area contributed by atoms with Crippen molar-refractivity contribution in [3.63, 3.8) is 0 Å². The molecule has 2 aliphatic rings. The van der Waals surface area contributed by atoms with Gasteiger partial charge in [-0.05, 0) is 18.5 Å². The van der Waals surface area contributed by atoms with Gasteiger partial charge in [-0.1, -0.05) is 30.3 Å². The summed E-state index contributed by atoms with van der Waals surface area (Å²) < 4.78 is 0. The highest BCUT2D eigenvalue weighted by molar-refractivity contribution is 6.05. The topological polar surface area (TPSA) is 98.7 Å². The average molecular weight is 317 g/mol. The summed E-state index contributed by atoms with van der Waals surface area (Å²) in [6, 6.07) is 8.08. The number of amides is 2. The third kappa shape index (κ3) is 3.11. The number of benzene rings is 1. The van der Waals surface area contributed by atoms with Crippen LogP contribution in [0.1, 0.15) is 12.0 Å². The van der Waals surface area contributed by atoms with Gasteiger partial charge >= 0.3 is 5.97 Å². The van der Waals surface area contributed by atoms with Crippen molar-refractivity contribution in [3.8, 4) is 0 Å². The Morgan fingerprint density at radius 1 is 1.26 bits per heavy atom. The van der Waals surface area contributed by atoms with Gasteiger partial charge < -0.3 is 10.4 Å². The molecule has 2 amide bonds. The molecule has 0 aromatic heterocycles. The molecular weight excluding hydrogens is 298 g/mol. The second-order valence-electron chi connectivity index (χ2n) is 5.93. The number of hydrazine groups is 1. The number of carboxylic acids is 1. The Bertz CT molecular complexity index is 595. The second-order valence-corrected chi connectivity index (χ2v) is 5.93. The first-order chi connectivity index (χ1) is 11.1. The highest BCUT2D eigenvalue weighted by Crippen LogP contribution is 2.29. The second kappa shape index (κ2) is 6.47. The minimum atomic E-state index is -1.09. The van der Waals surface area contributed by atoms with Crippen LogP contribution >= 0.6 is 0 Å². The minimum absolute atomic E-state index is 0.195. The van der Waals surface area contributed by atoms with Crippen LogP contribution < -0.4 is 10.7 Å². The molecule has 7 nitrogen and oxygen atoms in total. The summed E-state index contributed by atoms with van der Waals surface area (Å²) >= 11 is 0. The third-order valence-electron chi connectivity index (χ3n) is 4.42. The van der Waals surface area contributed by atoms with E-state index in [1.807, 2.05) is 30.3 Å². The number of hydrogen-bond donors (Lipinski definition) is 3. The van der Waals surface area contributed by atoms with Crippen molar-refractivity contribution >= 4 is 17.8 Å². The maximum absolute atomic E-state index is 12.4. The normalized spacial score (nSPS) is 25.3. The van der Waals surface area contributed by atoms with Crippen LogP contribution in [0.2, 0.25) is 0 Å². The first-order valence-corrected chi connectivity index (χ1v) is 7.69. The smallest absolute Gasteiger partial charge is 0.322 e. The number of piperidine rings is 1. The Morgan fingerprint density at radius 2 is 1.96 bits per heavy atom. The maximum Gasteiger partial charge on any atom is 0.322 e. The van der Waals surface area contributed by atoms with Gasteiger partial charge in [0.05, 0.1) is 11.8 Å². The van der Waals surface area contributed by atoms with E-state index in [9.17, 15) is 19.5 Å². The van der Waals surface area contributed by atoms with Crippen LogP contribution in [0, 0.1) is 11.8 Å². The summed E-state index contributed by atoms with van der Waals surface area (Å²) in [6.45, 7) is 1.16. The van der Waals surface area contributed by atoms with Crippen molar-refractivity contribution in [2.24, 2.45) is 11.8 Å². The molecule has 0 spiro atoms. The van der Waals surface area contributed by atoms with Crippen molar-refractivity contribution < 1.29 is 19.5 Å². The zero-order chi connectivity index (χ0) is 16.4. The van der Waals surface area contributed by atoms with E-state index in [0.717, 1.165) is 10.6 Å². The molecule has 3 N–H and O–H groups in total. The molecule has 2 fully saturated rings. The molecule has 7 heteroatoms. The van der Waals surface area contributed by atoms with Gasteiger partial charge in [0, 0.05) is 13.0 Å². The van der Waals surface area contributed by atoms with Crippen LogP contribution in [0.15, 0.2) is 30.3 Å². The Kier molecular flexibility index (Phi) is 4.40. The first kappa shape index (κ1) is 15.6. The van der Waals surface area contributed by atoms with Crippen LogP contribution in [0.25, 0.3) is 0 Å². The van der Waals surface area contributed by atoms with Gasteiger partial charge in [0.2, 0.25) is 11.8 Å². The van der Waals surface area contributed by atoms with Gasteiger partial charge in [-0.2, -0.15) is 0 Å². The molecule has 0 radical (unpaired) electrons. The number of carboxylic acid groups (broad SMARTS) is 1. The Morgan fingerprint density at radius 3 is 2.61 bits per heavy atom. The third-order valence-corrected chi connectivity index (χ3v) is 4.42. The van der Waals surface area contributed by atoms with Crippen molar-refractivity contribution in [1.29, 1.82) is 0 Å². The zero-order valence-corrected chi connectivity index (χ0v) is 12.6. The molecule has 2 heterocycles. The number of carbonyl (C=O) groups excluding carboxylic acids is 2. The number of imide groups is 1. The molecule has 0 saturated carbocycles. The molecule has 2 saturated heterocycles. The van der Waals surface area contributed by atoms with Crippen molar-refractivity contribution in [2.45, 2.75) is 18.9 Å². The lowest BCUT2D eigenvalue weighted by Crippen LogP contribution is -2.52. The first-order valence-electron chi connectivity index (χ1n) is 7.69. The van der Waals surface area contributed by atoms with E-state index >= 15 is 0 Å². The Balaban J connectivity index is 1.74. The molecule has 23 heavy (non-hydrogen) atoms. The number of nitrogens with zero attached hydrogens (tertiary/aromatic N) is 1. The predicted molar refractivity (Wildman–Crippen MR) is 81.0 cm³/mol. The molecule has 1 aromatic rings. The molecule has 2 unspecified atom stereocenters. The number of hydrogen-bond acceptors (Lipinski definition) is 5. The summed E-state index contributed by atoms with van der Waals surface area (Å²) in [4.78, 5) is 36.2. The highest BCUT2D eigenvalue weighted by atomic mass is 16.4. The monoisotopic (exact) mass is 317 g/mol. The van der Waals surface area contributed by atoms with E-state index in [-0.39, 0.29) is 24.2 Å². The fraction of sp³-hybridized carbons (Fsp3) is 0.438. The number of aliphatic carboxylic acids is 1. The minimum Gasteiger partial charge on any atom is -0.480 e. The zero-order valence-electron chi connectivity index (χ0n) is 12.6. The average Bonchev–Trinajstić information content (AvgIpc) is 2.80. The molecule has 122 valence electrons. The summed E-state index contributed by atoms with van der Waals surface area (Å²) in [7, 11) is 0. The lowest BCUT2D eigenvalue weighted by atomic mass is 9.89. The van der Waals surface area contributed by atoms with Crippen LogP contribution in [-0.4, -0.2) is 47.0 Å². The predicted octanol–water partition coefficient (Wildman–Crippen LogP) is -0.219. The number of nitrogens with one attached hydrogen (secondary N) is 2. The molecule has 0 aliphatic carbocycles. The van der Waals surface area contributed by atoms with E-state index < -0.39 is 17.9 Å². The van der Waals surface area contributed by atoms with Crippen LogP contribution in [0.5, 0.6) is 0 Å². The SMILES string of the molecule is O=C(O)[C@H](Cc1ccccc1)NN1C(=O)C2CCNCC2C1=O. The van der Waals surface area contributed by atoms with Gasteiger partial charge in [0.1, 0.15) is 6.04 Å². The van der Waals surface area contributed by atoms with Crippen LogP contribution in [0.4, 0.5) is 0 Å². The number of carbonyl (C=O) groups is 3. The summed E-state index contributed by atoms with van der Waals surface area (Å²) in [6.07, 6.45) is 0.796. The lowest BCUT2D eigenvalue weighted by Gasteiger charge is -2.21. The maximum atomic E-state index is 12.4. The number of fused-ring (bicyclic) bond motifs is 1. The van der Waals surface area contributed by atoms with Gasteiger partial charge in [-0.25, -0.2) is 10.4 Å². The van der Waals surface area contributed by atoms with Gasteiger partial charge in [-0.3, -0.25) is 14.4 Å². The van der Waals surface area contributed by atoms with Gasteiger partial charge in [0.25, 0.3) is 0 Å². The summed E-state index contributed by atoms with van der Waals surface area (Å²) in [5.74, 6) is -2.49. The number of rotatable bonds is 5. The van der Waals surface area contributed by atoms with E-state index in [0.29, 0.717) is 19.5 Å². The van der Waals surface area contributed by atoms with E-state index in [4.69, 9.17) is 0 Å². The highest BCUT2D eigenvalue weighted by Gasteiger charge is 2.49. The summed E-state index contributed by atoms with van der Waals surface area (Å²) in [5.41, 5.74) is 3.45. The lowest BCUT2D eigenvalue weighted by molar-refractivity contribution is -0.148. The summed E-state index contributed by atoms with van der Waals surface area (Å²) in [5, 5.41) is 13.4. The quantitative estimate of drug-likeness (QED) is 0.650. The van der Waals surface area contributed by atoms with E-state index in [2.05, 4.69) is 10.7 Å². The Labute approximate surface area is 133 Å². The van der Waals surface area contributed by atoms with Crippen molar-refractivity contribution in [2.75, 3.05) is 13.1 Å². The standard InChI is InChI=1S/C16H19N3O4/c20-14-11-6-7-17-9-12(11)15(21)19(14)18-13(16(22)23)8-10-4-2-1-3-5-10/h1-5,11-13,17-18H,6-9H2,(H,22,23)/t11?,12?,13-/m0/s1. The molecule has 3 rings (SSSR count). The van der Waals surface area contributed by atoms with Gasteiger partial charge in [-0.15, -0.1) is 0 Å². The van der Waals surface area contributed by atoms with E-state index in [1.165, 1.54) is 0 Å². The molecule has 0 bridgehead atoms. The molecule has 1 aromatic carbocycles. The van der Waals surface area contributed by atoms with Crippen molar-refractivity contribution in [3.05, 3.63) is 35.9 Å². The molecule has 2 aliphatic heterocycles. The van der Waals surface area contributed by atoms with Crippen LogP contribution in [-0.2, 0) is 20.8 Å². The van der Waals surface area contributed by atoms with Crippen molar-refractivity contribution in [1.82, 2.24) is 15.8 Å². The molecular formula is C16H19N3O4. The Hall–Kier alpha value is -2.25. The van der Waals surface area contributed by atoms with E-state index in [1.54, 1.807) is 0 Å². The fourth-order valence-corrected chi connectivity index (χ4v) is 3.17. The van der Waals surface area contributed by atoms with Gasteiger partial charge in [0.15, 0.2) is 0 Å². The molecule has 3 atom stereocenters. The largest absolute Gasteiger partial charge is 0.480 e. The fourth-order valence-electron chi connectivity index (χ4n) is 3.17. The van der Waals surface area contributed by atoms with Crippen LogP contribution in [0.3, 0.4) is 0 Å².